The van der Waals surface area contributed by atoms with Gasteiger partial charge in [0.2, 0.25) is 17.6 Å². The number of amides is 2. The van der Waals surface area contributed by atoms with Crippen molar-refractivity contribution in [3.8, 4) is 0 Å². The molecule has 0 saturated carbocycles. The molecule has 2 aromatic rings. The van der Waals surface area contributed by atoms with Gasteiger partial charge in [-0.05, 0) is 47.5 Å². The number of Topliss-reactive ketones (excluding diaryl/α,β-unsaturated/α-hetero) is 4. The van der Waals surface area contributed by atoms with Gasteiger partial charge in [-0.25, -0.2) is 4.98 Å². The van der Waals surface area contributed by atoms with Crippen LogP contribution in [-0.4, -0.2) is 68.4 Å². The molecule has 51 heavy (non-hydrogen) atoms. The summed E-state index contributed by atoms with van der Waals surface area (Å²) in [5.41, 5.74) is 0.413. The van der Waals surface area contributed by atoms with Gasteiger partial charge in [0, 0.05) is 50.0 Å². The highest BCUT2D eigenvalue weighted by Crippen LogP contribution is 2.41. The van der Waals surface area contributed by atoms with Crippen LogP contribution >= 0.6 is 0 Å². The Morgan fingerprint density at radius 2 is 1.67 bits per heavy atom. The molecular weight excluding hydrogens is 644 g/mol. The van der Waals surface area contributed by atoms with Crippen molar-refractivity contribution in [2.24, 2.45) is 35.0 Å². The average molecular weight is 699 g/mol. The van der Waals surface area contributed by atoms with Crippen LogP contribution in [0.4, 0.5) is 0 Å². The predicted octanol–water partition coefficient (Wildman–Crippen LogP) is 5.96. The summed E-state index contributed by atoms with van der Waals surface area (Å²) in [6, 6.07) is 7.80. The normalized spacial score (nSPS) is 20.7. The van der Waals surface area contributed by atoms with Crippen LogP contribution in [0.5, 0.6) is 0 Å². The smallest absolute Gasteiger partial charge is 0.246 e. The zero-order valence-corrected chi connectivity index (χ0v) is 31.1. The van der Waals surface area contributed by atoms with Crippen LogP contribution in [0.2, 0.25) is 0 Å². The van der Waals surface area contributed by atoms with E-state index in [1.807, 2.05) is 91.0 Å². The van der Waals surface area contributed by atoms with E-state index in [9.17, 15) is 28.8 Å². The molecule has 0 bridgehead atoms. The fraction of sp³-hybridized carbons (Fsp3) is 0.561. The zero-order valence-electron chi connectivity index (χ0n) is 31.1. The van der Waals surface area contributed by atoms with Gasteiger partial charge in [0.1, 0.15) is 11.7 Å². The summed E-state index contributed by atoms with van der Waals surface area (Å²) in [5.74, 6) is -4.35. The number of likely N-dealkylation sites (tertiary alicyclic amines) is 1. The summed E-state index contributed by atoms with van der Waals surface area (Å²) in [4.78, 5) is 92.1. The fourth-order valence-electron chi connectivity index (χ4n) is 7.48. The van der Waals surface area contributed by atoms with Crippen molar-refractivity contribution < 1.29 is 28.8 Å². The Morgan fingerprint density at radius 1 is 0.961 bits per heavy atom. The van der Waals surface area contributed by atoms with Crippen LogP contribution in [0.1, 0.15) is 109 Å². The summed E-state index contributed by atoms with van der Waals surface area (Å²) in [6.07, 6.45) is 9.83. The molecule has 2 unspecified atom stereocenters. The molecule has 4 rings (SSSR count). The summed E-state index contributed by atoms with van der Waals surface area (Å²) in [6.45, 7) is 13.4. The van der Waals surface area contributed by atoms with Gasteiger partial charge in [0.25, 0.3) is 0 Å². The molecule has 0 radical (unpaired) electrons. The monoisotopic (exact) mass is 698 g/mol. The highest BCUT2D eigenvalue weighted by molar-refractivity contribution is 6.38. The maximum absolute atomic E-state index is 14.5. The number of ketones is 4. The molecule has 1 N–H and O–H groups in total. The highest BCUT2D eigenvalue weighted by Gasteiger charge is 2.51. The average Bonchev–Trinajstić information content (AvgIpc) is 3.70. The van der Waals surface area contributed by atoms with Crippen LogP contribution in [0.3, 0.4) is 0 Å². The molecule has 2 amide bonds. The van der Waals surface area contributed by atoms with Crippen molar-refractivity contribution in [3.05, 3.63) is 72.3 Å². The standard InChI is InChI=1S/C41H54N4O6/c1-8-13-28(37(49)35(48)20-26(4)27-14-10-9-11-15-27)21-34(47)36-30-17-12-16-29(30)24-45(36)40(51)38(41(5,6)7)44-39(50)31(25(2)3)22-33(46)32-23-42-18-19-43-32/h9-12,14-16,18-19,23,25-26,28-31,36,38H,8,13,17,20-22,24H2,1-7H3,(H,44,50)/t26-,28?,29+,30+,31-,36?,38-/m1/s1. The van der Waals surface area contributed by atoms with Crippen molar-refractivity contribution in [2.45, 2.75) is 105 Å². The Bertz CT molecular complexity index is 1600. The minimum atomic E-state index is -0.981. The molecule has 1 aromatic carbocycles. The van der Waals surface area contributed by atoms with Crippen molar-refractivity contribution in [1.82, 2.24) is 20.2 Å². The molecule has 1 aliphatic carbocycles. The van der Waals surface area contributed by atoms with E-state index in [0.29, 0.717) is 25.8 Å². The third-order valence-corrected chi connectivity index (χ3v) is 10.5. The van der Waals surface area contributed by atoms with E-state index in [0.717, 1.165) is 5.56 Å². The zero-order chi connectivity index (χ0) is 37.5. The number of carbonyl (C=O) groups excluding carboxylic acids is 6. The van der Waals surface area contributed by atoms with E-state index in [2.05, 4.69) is 15.3 Å². The van der Waals surface area contributed by atoms with E-state index in [-0.39, 0.29) is 66.1 Å². The first kappa shape index (κ1) is 39.4. The SMILES string of the molecule is CCCC(CC(=O)C1[C@H]2CC=C[C@H]2CN1C(=O)[C@@H](NC(=O)[C@H](CC(=O)c1cnccn1)C(C)C)C(C)(C)C)C(=O)C(=O)C[C@@H](C)c1ccccc1. The van der Waals surface area contributed by atoms with Crippen LogP contribution in [0.15, 0.2) is 61.1 Å². The second-order valence-electron chi connectivity index (χ2n) is 15.8. The second kappa shape index (κ2) is 17.2. The van der Waals surface area contributed by atoms with Crippen molar-refractivity contribution in [2.75, 3.05) is 6.54 Å². The maximum Gasteiger partial charge on any atom is 0.246 e. The van der Waals surface area contributed by atoms with Crippen LogP contribution in [0, 0.1) is 35.0 Å². The van der Waals surface area contributed by atoms with Gasteiger partial charge in [0.05, 0.1) is 12.2 Å². The lowest BCUT2D eigenvalue weighted by Gasteiger charge is -2.37. The summed E-state index contributed by atoms with van der Waals surface area (Å²) in [7, 11) is 0. The van der Waals surface area contributed by atoms with Gasteiger partial charge in [-0.15, -0.1) is 0 Å². The Morgan fingerprint density at radius 3 is 2.27 bits per heavy atom. The van der Waals surface area contributed by atoms with Gasteiger partial charge in [-0.1, -0.05) is 97.4 Å². The first-order valence-electron chi connectivity index (χ1n) is 18.3. The van der Waals surface area contributed by atoms with Gasteiger partial charge >= 0.3 is 0 Å². The molecular formula is C41H54N4O6. The number of hydrogen-bond donors (Lipinski definition) is 1. The van der Waals surface area contributed by atoms with E-state index >= 15 is 0 Å². The predicted molar refractivity (Wildman–Crippen MR) is 194 cm³/mol. The minimum Gasteiger partial charge on any atom is -0.344 e. The van der Waals surface area contributed by atoms with Crippen molar-refractivity contribution >= 4 is 34.9 Å². The van der Waals surface area contributed by atoms with E-state index in [1.54, 1.807) is 4.90 Å². The fourth-order valence-corrected chi connectivity index (χ4v) is 7.48. The topological polar surface area (TPSA) is 143 Å². The van der Waals surface area contributed by atoms with Crippen LogP contribution < -0.4 is 5.32 Å². The Hall–Kier alpha value is -4.34. The molecule has 1 aliphatic heterocycles. The van der Waals surface area contributed by atoms with Crippen molar-refractivity contribution in [3.63, 3.8) is 0 Å². The number of rotatable bonds is 17. The molecule has 7 atom stereocenters. The van der Waals surface area contributed by atoms with Gasteiger partial charge < -0.3 is 10.2 Å². The summed E-state index contributed by atoms with van der Waals surface area (Å²) >= 11 is 0. The molecule has 10 nitrogen and oxygen atoms in total. The third-order valence-electron chi connectivity index (χ3n) is 10.5. The third kappa shape index (κ3) is 9.71. The molecule has 1 fully saturated rings. The van der Waals surface area contributed by atoms with Crippen LogP contribution in [-0.2, 0) is 24.0 Å². The lowest BCUT2D eigenvalue weighted by Crippen LogP contribution is -2.58. The number of aromatic nitrogens is 2. The summed E-state index contributed by atoms with van der Waals surface area (Å²) in [5, 5.41) is 2.98. The van der Waals surface area contributed by atoms with Gasteiger partial charge in [0.15, 0.2) is 17.3 Å². The number of nitrogens with zero attached hydrogens (tertiary/aromatic N) is 3. The minimum absolute atomic E-state index is 0.0269. The number of nitrogens with one attached hydrogen (secondary N) is 1. The first-order chi connectivity index (χ1) is 24.1. The Kier molecular flexibility index (Phi) is 13.3. The van der Waals surface area contributed by atoms with Gasteiger partial charge in [-0.3, -0.25) is 33.8 Å². The maximum atomic E-state index is 14.5. The quantitative estimate of drug-likeness (QED) is 0.121. The highest BCUT2D eigenvalue weighted by atomic mass is 16.2. The van der Waals surface area contributed by atoms with Gasteiger partial charge in [-0.2, -0.15) is 0 Å². The van der Waals surface area contributed by atoms with Crippen LogP contribution in [0.25, 0.3) is 0 Å². The molecule has 1 saturated heterocycles. The molecule has 2 heterocycles. The largest absolute Gasteiger partial charge is 0.344 e. The van der Waals surface area contributed by atoms with E-state index in [1.165, 1.54) is 18.6 Å². The molecule has 1 aromatic heterocycles. The molecule has 10 heteroatoms. The Labute approximate surface area is 302 Å². The Balaban J connectivity index is 1.53. The first-order valence-corrected chi connectivity index (χ1v) is 18.3. The number of benzene rings is 1. The lowest BCUT2D eigenvalue weighted by molar-refractivity contribution is -0.146. The number of carbonyl (C=O) groups is 6. The second-order valence-corrected chi connectivity index (χ2v) is 15.8. The number of fused-ring (bicyclic) bond motifs is 1. The number of hydrogen-bond acceptors (Lipinski definition) is 8. The molecule has 274 valence electrons. The lowest BCUT2D eigenvalue weighted by atomic mass is 9.82. The molecule has 0 spiro atoms. The van der Waals surface area contributed by atoms with Crippen molar-refractivity contribution in [1.29, 1.82) is 0 Å². The van der Waals surface area contributed by atoms with E-state index in [4.69, 9.17) is 0 Å². The summed E-state index contributed by atoms with van der Waals surface area (Å²) < 4.78 is 0. The van der Waals surface area contributed by atoms with E-state index < -0.39 is 46.8 Å². The number of allylic oxidation sites excluding steroid dienone is 1. The molecule has 2 aliphatic rings.